The molecule has 0 radical (unpaired) electrons. The van der Waals surface area contributed by atoms with Gasteiger partial charge in [0, 0.05) is 0 Å². The summed E-state index contributed by atoms with van der Waals surface area (Å²) in [6.07, 6.45) is -4.74. The molecule has 2 rings (SSSR count). The quantitative estimate of drug-likeness (QED) is 0.826. The number of nitrogens with one attached hydrogen (secondary N) is 1. The molecule has 0 bridgehead atoms. The van der Waals surface area contributed by atoms with Gasteiger partial charge in [0.15, 0.2) is 6.10 Å². The van der Waals surface area contributed by atoms with E-state index in [1.54, 1.807) is 0 Å². The van der Waals surface area contributed by atoms with Gasteiger partial charge in [0.25, 0.3) is 5.88 Å². The molecule has 1 N–H and O–H groups in total. The minimum absolute atomic E-state index is 0.0502. The summed E-state index contributed by atoms with van der Waals surface area (Å²) >= 11 is 0. The highest BCUT2D eigenvalue weighted by Gasteiger charge is 2.39. The molecule has 19 heavy (non-hydrogen) atoms. The average molecular weight is 279 g/mol. The Morgan fingerprint density at radius 1 is 1.63 bits per heavy atom. The van der Waals surface area contributed by atoms with E-state index in [9.17, 15) is 18.0 Å². The summed E-state index contributed by atoms with van der Waals surface area (Å²) in [5.41, 5.74) is 0.0954. The Bertz CT molecular complexity index is 457. The van der Waals surface area contributed by atoms with Crippen LogP contribution < -0.4 is 10.1 Å². The van der Waals surface area contributed by atoms with Crippen LogP contribution in [0, 0.1) is 0 Å². The zero-order valence-electron chi connectivity index (χ0n) is 9.98. The normalized spacial score (nSPS) is 17.7. The number of carbonyl (C=O) groups is 1. The van der Waals surface area contributed by atoms with E-state index in [1.807, 2.05) is 0 Å². The van der Waals surface area contributed by atoms with Crippen LogP contribution in [0.4, 0.5) is 18.9 Å². The molecule has 1 aliphatic heterocycles. The number of hydrogen-bond donors (Lipinski definition) is 1. The molecule has 1 amide bonds. The first-order valence-electron chi connectivity index (χ1n) is 5.52. The first-order chi connectivity index (χ1) is 8.91. The van der Waals surface area contributed by atoms with Crippen molar-refractivity contribution < 1.29 is 27.4 Å². The van der Waals surface area contributed by atoms with E-state index in [2.05, 4.69) is 10.4 Å². The number of halogens is 3. The summed E-state index contributed by atoms with van der Waals surface area (Å²) in [5.74, 6) is -0.260. The fourth-order valence-corrected chi connectivity index (χ4v) is 1.42. The number of aromatic nitrogens is 2. The Labute approximate surface area is 106 Å². The van der Waals surface area contributed by atoms with Gasteiger partial charge in [-0.1, -0.05) is 0 Å². The third-order valence-corrected chi connectivity index (χ3v) is 2.66. The molecule has 9 heteroatoms. The smallest absolute Gasteiger partial charge is 0.425 e. The number of rotatable bonds is 5. The molecule has 2 heterocycles. The maximum atomic E-state index is 12.4. The van der Waals surface area contributed by atoms with Crippen molar-refractivity contribution in [3.05, 3.63) is 6.20 Å². The molecule has 0 aliphatic carbocycles. The van der Waals surface area contributed by atoms with Crippen LogP contribution in [0.1, 0.15) is 13.0 Å². The Morgan fingerprint density at radius 2 is 2.32 bits per heavy atom. The van der Waals surface area contributed by atoms with Crippen molar-refractivity contribution in [1.29, 1.82) is 0 Å². The second-order valence-corrected chi connectivity index (χ2v) is 4.08. The van der Waals surface area contributed by atoms with Gasteiger partial charge in [-0.15, -0.1) is 5.10 Å². The van der Waals surface area contributed by atoms with Crippen LogP contribution in [0.5, 0.6) is 5.88 Å². The maximum absolute atomic E-state index is 12.4. The van der Waals surface area contributed by atoms with E-state index in [0.29, 0.717) is 19.6 Å². The van der Waals surface area contributed by atoms with E-state index in [4.69, 9.17) is 9.47 Å². The van der Waals surface area contributed by atoms with Crippen molar-refractivity contribution in [3.63, 3.8) is 0 Å². The van der Waals surface area contributed by atoms with Gasteiger partial charge in [0.05, 0.1) is 25.5 Å². The highest BCUT2D eigenvalue weighted by molar-refractivity contribution is 5.73. The van der Waals surface area contributed by atoms with Crippen molar-refractivity contribution in [1.82, 2.24) is 9.78 Å². The minimum Gasteiger partial charge on any atom is -0.462 e. The van der Waals surface area contributed by atoms with Crippen LogP contribution in [-0.2, 0) is 9.53 Å². The standard InChI is InChI=1S/C10H12F3N3O3/c1-6(10(11,12)13)19-9-8(14-5-17)2-16(15-9)7-3-18-4-7/h2,5-7H,3-4H2,1H3,(H,14,17)/t6-/m0/s1. The minimum atomic E-state index is -4.50. The third-order valence-electron chi connectivity index (χ3n) is 2.66. The fourth-order valence-electron chi connectivity index (χ4n) is 1.42. The van der Waals surface area contributed by atoms with Crippen LogP contribution in [0.2, 0.25) is 0 Å². The molecule has 1 aliphatic rings. The van der Waals surface area contributed by atoms with E-state index in [1.165, 1.54) is 10.9 Å². The van der Waals surface area contributed by atoms with E-state index >= 15 is 0 Å². The number of alkyl halides is 3. The van der Waals surface area contributed by atoms with E-state index in [0.717, 1.165) is 6.92 Å². The van der Waals surface area contributed by atoms with Crippen LogP contribution in [-0.4, -0.2) is 41.7 Å². The monoisotopic (exact) mass is 279 g/mol. The summed E-state index contributed by atoms with van der Waals surface area (Å²) in [4.78, 5) is 10.4. The second kappa shape index (κ2) is 5.08. The van der Waals surface area contributed by atoms with Crippen molar-refractivity contribution in [2.24, 2.45) is 0 Å². The molecule has 0 spiro atoms. The Morgan fingerprint density at radius 3 is 2.79 bits per heavy atom. The summed E-state index contributed by atoms with van der Waals surface area (Å²) in [6, 6.07) is -0.0502. The lowest BCUT2D eigenvalue weighted by Crippen LogP contribution is -2.32. The Hall–Kier alpha value is -1.77. The number of carbonyl (C=O) groups excluding carboxylic acids is 1. The molecule has 6 nitrogen and oxygen atoms in total. The zero-order chi connectivity index (χ0) is 14.0. The summed E-state index contributed by atoms with van der Waals surface area (Å²) < 4.78 is 48.4. The first-order valence-corrected chi connectivity index (χ1v) is 5.52. The second-order valence-electron chi connectivity index (χ2n) is 4.08. The Balaban J connectivity index is 2.17. The van der Waals surface area contributed by atoms with Crippen LogP contribution >= 0.6 is 0 Å². The van der Waals surface area contributed by atoms with Crippen molar-refractivity contribution in [2.75, 3.05) is 18.5 Å². The summed E-state index contributed by atoms with van der Waals surface area (Å²) in [6.45, 7) is 1.73. The number of hydrogen-bond acceptors (Lipinski definition) is 4. The molecule has 0 aromatic carbocycles. The lowest BCUT2D eigenvalue weighted by molar-refractivity contribution is -0.189. The largest absolute Gasteiger partial charge is 0.462 e. The zero-order valence-corrected chi connectivity index (χ0v) is 9.98. The van der Waals surface area contributed by atoms with E-state index < -0.39 is 12.3 Å². The molecular weight excluding hydrogens is 267 g/mol. The van der Waals surface area contributed by atoms with Gasteiger partial charge >= 0.3 is 6.18 Å². The molecule has 1 aromatic heterocycles. The van der Waals surface area contributed by atoms with Gasteiger partial charge in [0.2, 0.25) is 6.41 Å². The lowest BCUT2D eigenvalue weighted by atomic mass is 10.3. The van der Waals surface area contributed by atoms with E-state index in [-0.39, 0.29) is 17.6 Å². The van der Waals surface area contributed by atoms with Crippen LogP contribution in [0.15, 0.2) is 6.20 Å². The predicted molar refractivity (Wildman–Crippen MR) is 57.9 cm³/mol. The van der Waals surface area contributed by atoms with Crippen LogP contribution in [0.3, 0.4) is 0 Å². The fraction of sp³-hybridized carbons (Fsp3) is 0.600. The highest BCUT2D eigenvalue weighted by atomic mass is 19.4. The number of anilines is 1. The van der Waals surface area contributed by atoms with Gasteiger partial charge in [0.1, 0.15) is 5.69 Å². The number of amides is 1. The molecular formula is C10H12F3N3O3. The van der Waals surface area contributed by atoms with Gasteiger partial charge in [-0.25, -0.2) is 0 Å². The van der Waals surface area contributed by atoms with Gasteiger partial charge in [-0.05, 0) is 6.92 Å². The molecule has 1 fully saturated rings. The van der Waals surface area contributed by atoms with Crippen molar-refractivity contribution in [3.8, 4) is 5.88 Å². The van der Waals surface area contributed by atoms with Crippen molar-refractivity contribution >= 4 is 12.1 Å². The Kier molecular flexibility index (Phi) is 3.65. The first kappa shape index (κ1) is 13.7. The van der Waals surface area contributed by atoms with Gasteiger partial charge in [-0.3, -0.25) is 9.48 Å². The summed E-state index contributed by atoms with van der Waals surface area (Å²) in [5, 5.41) is 6.16. The van der Waals surface area contributed by atoms with Crippen molar-refractivity contribution in [2.45, 2.75) is 25.2 Å². The molecule has 0 saturated carbocycles. The summed E-state index contributed by atoms with van der Waals surface area (Å²) in [7, 11) is 0. The molecule has 106 valence electrons. The highest BCUT2D eigenvalue weighted by Crippen LogP contribution is 2.30. The predicted octanol–water partition coefficient (Wildman–Crippen LogP) is 1.35. The topological polar surface area (TPSA) is 65.4 Å². The van der Waals surface area contributed by atoms with Crippen LogP contribution in [0.25, 0.3) is 0 Å². The third kappa shape index (κ3) is 2.98. The van der Waals surface area contributed by atoms with Gasteiger partial charge in [-0.2, -0.15) is 13.2 Å². The number of nitrogens with zero attached hydrogens (tertiary/aromatic N) is 2. The average Bonchev–Trinajstić information content (AvgIpc) is 2.58. The molecule has 0 unspecified atom stereocenters. The molecule has 1 saturated heterocycles. The lowest BCUT2D eigenvalue weighted by Gasteiger charge is -2.25. The maximum Gasteiger partial charge on any atom is 0.425 e. The molecule has 1 atom stereocenters. The number of ether oxygens (including phenoxy) is 2. The molecule has 1 aromatic rings. The van der Waals surface area contributed by atoms with Gasteiger partial charge < -0.3 is 14.8 Å². The SMILES string of the molecule is C[C@H](Oc1nn(C2COC2)cc1NC=O)C(F)(F)F.